The highest BCUT2D eigenvalue weighted by Gasteiger charge is 2.11. The van der Waals surface area contributed by atoms with Crippen molar-refractivity contribution in [2.75, 3.05) is 14.2 Å². The van der Waals surface area contributed by atoms with Crippen LogP contribution in [0.3, 0.4) is 0 Å². The summed E-state index contributed by atoms with van der Waals surface area (Å²) in [5.74, 6) is 1.01. The van der Waals surface area contributed by atoms with E-state index < -0.39 is 0 Å². The molecule has 3 aromatic rings. The summed E-state index contributed by atoms with van der Waals surface area (Å²) in [4.78, 5) is 24.5. The summed E-state index contributed by atoms with van der Waals surface area (Å²) in [5.41, 5.74) is 1.79. The van der Waals surface area contributed by atoms with E-state index in [1.54, 1.807) is 20.3 Å². The van der Waals surface area contributed by atoms with Gasteiger partial charge in [0.25, 0.3) is 5.56 Å². The molecule has 0 radical (unpaired) electrons. The Kier molecular flexibility index (Phi) is 6.06. The molecule has 7 nitrogen and oxygen atoms in total. The van der Waals surface area contributed by atoms with Gasteiger partial charge < -0.3 is 14.8 Å². The summed E-state index contributed by atoms with van der Waals surface area (Å²) in [6.45, 7) is 0.112. The summed E-state index contributed by atoms with van der Waals surface area (Å²) in [7, 11) is 3.15. The number of nitrogens with zero attached hydrogens (tertiary/aromatic N) is 2. The molecule has 0 fully saturated rings. The predicted octanol–water partition coefficient (Wildman–Crippen LogP) is 2.24. The first-order chi connectivity index (χ1) is 13.6. The molecule has 1 aromatic heterocycles. The molecule has 1 amide bonds. The second kappa shape index (κ2) is 8.85. The third-order valence-corrected chi connectivity index (χ3v) is 4.21. The van der Waals surface area contributed by atoms with E-state index in [1.165, 1.54) is 6.07 Å². The fraction of sp³-hybridized carbons (Fsp3) is 0.190. The SMILES string of the molecule is COc1ccccc1CNC(=O)Cn1nc(-c2ccccc2OC)ccc1=O. The zero-order valence-electron chi connectivity index (χ0n) is 15.7. The van der Waals surface area contributed by atoms with Crippen molar-refractivity contribution in [1.29, 1.82) is 0 Å². The van der Waals surface area contributed by atoms with Crippen LogP contribution < -0.4 is 20.3 Å². The van der Waals surface area contributed by atoms with Crippen LogP contribution >= 0.6 is 0 Å². The van der Waals surface area contributed by atoms with Gasteiger partial charge in [-0.1, -0.05) is 30.3 Å². The van der Waals surface area contributed by atoms with Gasteiger partial charge in [0.2, 0.25) is 5.91 Å². The van der Waals surface area contributed by atoms with Crippen LogP contribution in [-0.2, 0) is 17.9 Å². The van der Waals surface area contributed by atoms with E-state index in [0.717, 1.165) is 15.8 Å². The van der Waals surface area contributed by atoms with Crippen molar-refractivity contribution in [2.45, 2.75) is 13.1 Å². The lowest BCUT2D eigenvalue weighted by Gasteiger charge is -2.11. The van der Waals surface area contributed by atoms with Gasteiger partial charge in [-0.15, -0.1) is 0 Å². The third kappa shape index (κ3) is 4.37. The van der Waals surface area contributed by atoms with Crippen molar-refractivity contribution in [1.82, 2.24) is 15.1 Å². The number of nitrogens with one attached hydrogen (secondary N) is 1. The van der Waals surface area contributed by atoms with E-state index in [2.05, 4.69) is 10.4 Å². The number of methoxy groups -OCH3 is 2. The Morgan fingerprint density at radius 1 is 0.964 bits per heavy atom. The van der Waals surface area contributed by atoms with Gasteiger partial charge in [-0.05, 0) is 24.3 Å². The monoisotopic (exact) mass is 379 g/mol. The maximum absolute atomic E-state index is 12.3. The van der Waals surface area contributed by atoms with E-state index >= 15 is 0 Å². The van der Waals surface area contributed by atoms with Crippen LogP contribution in [0, 0.1) is 0 Å². The molecule has 0 aliphatic heterocycles. The fourth-order valence-corrected chi connectivity index (χ4v) is 2.80. The number of benzene rings is 2. The minimum Gasteiger partial charge on any atom is -0.496 e. The highest BCUT2D eigenvalue weighted by molar-refractivity contribution is 5.75. The lowest BCUT2D eigenvalue weighted by molar-refractivity contribution is -0.122. The maximum atomic E-state index is 12.3. The molecule has 0 bridgehead atoms. The first-order valence-corrected chi connectivity index (χ1v) is 8.72. The molecule has 0 saturated heterocycles. The van der Waals surface area contributed by atoms with Crippen LogP contribution in [0.4, 0.5) is 0 Å². The average molecular weight is 379 g/mol. The number of hydrogen-bond acceptors (Lipinski definition) is 5. The average Bonchev–Trinajstić information content (AvgIpc) is 2.74. The Morgan fingerprint density at radius 3 is 2.39 bits per heavy atom. The van der Waals surface area contributed by atoms with Crippen molar-refractivity contribution >= 4 is 5.91 Å². The number of carbonyl (C=O) groups excluding carboxylic acids is 1. The van der Waals surface area contributed by atoms with Crippen LogP contribution in [0.2, 0.25) is 0 Å². The quantitative estimate of drug-likeness (QED) is 0.681. The summed E-state index contributed by atoms with van der Waals surface area (Å²) < 4.78 is 11.8. The van der Waals surface area contributed by atoms with Crippen LogP contribution in [0.15, 0.2) is 65.5 Å². The molecular weight excluding hydrogens is 358 g/mol. The third-order valence-electron chi connectivity index (χ3n) is 4.21. The Bertz CT molecular complexity index is 1030. The van der Waals surface area contributed by atoms with Crippen LogP contribution in [0.5, 0.6) is 11.5 Å². The van der Waals surface area contributed by atoms with Gasteiger partial charge in [-0.25, -0.2) is 4.68 Å². The lowest BCUT2D eigenvalue weighted by atomic mass is 10.1. The zero-order valence-corrected chi connectivity index (χ0v) is 15.7. The minimum atomic E-state index is -0.355. The molecule has 7 heteroatoms. The molecule has 28 heavy (non-hydrogen) atoms. The van der Waals surface area contributed by atoms with E-state index in [-0.39, 0.29) is 18.0 Å². The van der Waals surface area contributed by atoms with Crippen LogP contribution in [0.1, 0.15) is 5.56 Å². The molecule has 0 unspecified atom stereocenters. The first-order valence-electron chi connectivity index (χ1n) is 8.72. The number of ether oxygens (including phenoxy) is 2. The standard InChI is InChI=1S/C21H21N3O4/c1-27-18-9-5-3-7-15(18)13-22-20(25)14-24-21(26)12-11-17(23-24)16-8-4-6-10-19(16)28-2/h3-12H,13-14H2,1-2H3,(H,22,25). The minimum absolute atomic E-state index is 0.184. The topological polar surface area (TPSA) is 82.4 Å². The van der Waals surface area contributed by atoms with Gasteiger partial charge in [0.05, 0.1) is 19.9 Å². The second-order valence-corrected chi connectivity index (χ2v) is 6.00. The maximum Gasteiger partial charge on any atom is 0.267 e. The Hall–Kier alpha value is -3.61. The molecule has 2 aromatic carbocycles. The number of para-hydroxylation sites is 2. The Morgan fingerprint density at radius 2 is 1.64 bits per heavy atom. The molecule has 0 aliphatic rings. The van der Waals surface area contributed by atoms with Gasteiger partial charge >= 0.3 is 0 Å². The molecule has 0 saturated carbocycles. The van der Waals surface area contributed by atoms with Crippen molar-refractivity contribution in [3.8, 4) is 22.8 Å². The first kappa shape index (κ1) is 19.2. The fourth-order valence-electron chi connectivity index (χ4n) is 2.80. The number of carbonyl (C=O) groups is 1. The predicted molar refractivity (Wildman–Crippen MR) is 105 cm³/mol. The van der Waals surface area contributed by atoms with Gasteiger partial charge in [0.15, 0.2) is 0 Å². The molecule has 0 aliphatic carbocycles. The Balaban J connectivity index is 1.75. The highest BCUT2D eigenvalue weighted by atomic mass is 16.5. The molecule has 1 heterocycles. The van der Waals surface area contributed by atoms with Gasteiger partial charge in [-0.2, -0.15) is 5.10 Å². The summed E-state index contributed by atoms with van der Waals surface area (Å²) in [6.07, 6.45) is 0. The Labute approximate surface area is 162 Å². The van der Waals surface area contributed by atoms with Crippen molar-refractivity contribution in [2.24, 2.45) is 0 Å². The highest BCUT2D eigenvalue weighted by Crippen LogP contribution is 2.27. The summed E-state index contributed by atoms with van der Waals surface area (Å²) >= 11 is 0. The van der Waals surface area contributed by atoms with E-state index in [9.17, 15) is 9.59 Å². The number of hydrogen-bond donors (Lipinski definition) is 1. The van der Waals surface area contributed by atoms with Gasteiger partial charge in [0.1, 0.15) is 18.0 Å². The second-order valence-electron chi connectivity index (χ2n) is 6.00. The zero-order chi connectivity index (χ0) is 19.9. The normalized spacial score (nSPS) is 10.4. The van der Waals surface area contributed by atoms with E-state index in [4.69, 9.17) is 9.47 Å². The molecular formula is C21H21N3O4. The number of aromatic nitrogens is 2. The summed E-state index contributed by atoms with van der Waals surface area (Å²) in [6, 6.07) is 17.8. The molecule has 1 N–H and O–H groups in total. The largest absolute Gasteiger partial charge is 0.496 e. The number of amides is 1. The van der Waals surface area contributed by atoms with Crippen LogP contribution in [0.25, 0.3) is 11.3 Å². The smallest absolute Gasteiger partial charge is 0.267 e. The molecule has 144 valence electrons. The van der Waals surface area contributed by atoms with Crippen LogP contribution in [-0.4, -0.2) is 29.9 Å². The van der Waals surface area contributed by atoms with Crippen molar-refractivity contribution in [3.63, 3.8) is 0 Å². The van der Waals surface area contributed by atoms with Gasteiger partial charge in [0, 0.05) is 23.7 Å². The van der Waals surface area contributed by atoms with Crippen molar-refractivity contribution in [3.05, 3.63) is 76.6 Å². The van der Waals surface area contributed by atoms with E-state index in [0.29, 0.717) is 23.7 Å². The van der Waals surface area contributed by atoms with Gasteiger partial charge in [-0.3, -0.25) is 9.59 Å². The lowest BCUT2D eigenvalue weighted by Crippen LogP contribution is -2.33. The number of rotatable bonds is 7. The van der Waals surface area contributed by atoms with E-state index in [1.807, 2.05) is 48.5 Å². The molecule has 0 spiro atoms. The van der Waals surface area contributed by atoms with Crippen molar-refractivity contribution < 1.29 is 14.3 Å². The molecule has 0 atom stereocenters. The molecule has 3 rings (SSSR count). The summed E-state index contributed by atoms with van der Waals surface area (Å²) in [5, 5.41) is 7.11.